The smallest absolute Gasteiger partial charge is 0.309 e. The van der Waals surface area contributed by atoms with Crippen molar-refractivity contribution in [2.75, 3.05) is 0 Å². The zero-order valence-electron chi connectivity index (χ0n) is 13.5. The van der Waals surface area contributed by atoms with Gasteiger partial charge in [0.05, 0.1) is 5.92 Å². The summed E-state index contributed by atoms with van der Waals surface area (Å²) in [4.78, 5) is 12.9. The van der Waals surface area contributed by atoms with E-state index in [-0.39, 0.29) is 18.0 Å². The van der Waals surface area contributed by atoms with Gasteiger partial charge in [0.1, 0.15) is 6.10 Å². The molecule has 0 aromatic carbocycles. The number of esters is 1. The van der Waals surface area contributed by atoms with Crippen molar-refractivity contribution in [3.8, 4) is 0 Å². The van der Waals surface area contributed by atoms with Crippen LogP contribution in [0.1, 0.15) is 84.0 Å². The topological polar surface area (TPSA) is 26.3 Å². The second-order valence-corrected chi connectivity index (χ2v) is 8.32. The number of halogens is 1. The maximum Gasteiger partial charge on any atom is 0.309 e. The first kappa shape index (κ1) is 17.3. The Labute approximate surface area is 138 Å². The molecule has 0 amide bonds. The SMILES string of the molecule is CCCCCC1CCC(C(=O)OC2CCC(Br)CC2)CC1. The average Bonchev–Trinajstić information content (AvgIpc) is 2.50. The van der Waals surface area contributed by atoms with Crippen molar-refractivity contribution in [2.45, 2.75) is 94.9 Å². The summed E-state index contributed by atoms with van der Waals surface area (Å²) in [6.07, 6.45) is 14.5. The molecule has 0 unspecified atom stereocenters. The van der Waals surface area contributed by atoms with Gasteiger partial charge in [-0.1, -0.05) is 48.5 Å². The summed E-state index contributed by atoms with van der Waals surface area (Å²) in [5.74, 6) is 1.15. The minimum absolute atomic E-state index is 0.0973. The molecule has 0 aromatic heterocycles. The van der Waals surface area contributed by atoms with Crippen molar-refractivity contribution >= 4 is 21.9 Å². The van der Waals surface area contributed by atoms with Crippen molar-refractivity contribution in [3.63, 3.8) is 0 Å². The standard InChI is InChI=1S/C18H31BrO2/c1-2-3-4-5-14-6-8-15(9-7-14)18(20)21-17-12-10-16(19)11-13-17/h14-17H,2-13H2,1H3. The van der Waals surface area contributed by atoms with Crippen molar-refractivity contribution in [1.82, 2.24) is 0 Å². The van der Waals surface area contributed by atoms with Crippen LogP contribution in [0.2, 0.25) is 0 Å². The molecule has 2 saturated carbocycles. The monoisotopic (exact) mass is 358 g/mol. The summed E-state index contributed by atoms with van der Waals surface area (Å²) >= 11 is 3.65. The Morgan fingerprint density at radius 1 is 1.00 bits per heavy atom. The van der Waals surface area contributed by atoms with Gasteiger partial charge >= 0.3 is 5.97 Å². The van der Waals surface area contributed by atoms with Crippen LogP contribution in [0.5, 0.6) is 0 Å². The molecule has 2 fully saturated rings. The normalized spacial score (nSPS) is 33.6. The molecule has 2 aliphatic rings. The number of unbranched alkanes of at least 4 members (excludes halogenated alkanes) is 2. The molecule has 0 aromatic rings. The Balaban J connectivity index is 1.63. The van der Waals surface area contributed by atoms with Crippen LogP contribution in [-0.4, -0.2) is 16.9 Å². The van der Waals surface area contributed by atoms with E-state index in [0.29, 0.717) is 4.83 Å². The van der Waals surface area contributed by atoms with E-state index in [1.165, 1.54) is 38.5 Å². The second-order valence-electron chi connectivity index (χ2n) is 7.02. The highest BCUT2D eigenvalue weighted by atomic mass is 79.9. The molecule has 0 atom stereocenters. The Morgan fingerprint density at radius 3 is 2.29 bits per heavy atom. The van der Waals surface area contributed by atoms with Crippen LogP contribution in [0.15, 0.2) is 0 Å². The lowest BCUT2D eigenvalue weighted by atomic mass is 9.79. The molecular weight excluding hydrogens is 328 g/mol. The highest BCUT2D eigenvalue weighted by Crippen LogP contribution is 2.34. The van der Waals surface area contributed by atoms with E-state index in [1.54, 1.807) is 0 Å². The van der Waals surface area contributed by atoms with Gasteiger partial charge in [-0.3, -0.25) is 4.79 Å². The molecule has 122 valence electrons. The van der Waals surface area contributed by atoms with Gasteiger partial charge in [0, 0.05) is 4.83 Å². The largest absolute Gasteiger partial charge is 0.462 e. The van der Waals surface area contributed by atoms with E-state index in [4.69, 9.17) is 4.74 Å². The first-order valence-electron chi connectivity index (χ1n) is 9.03. The fraction of sp³-hybridized carbons (Fsp3) is 0.944. The van der Waals surface area contributed by atoms with Gasteiger partial charge in [0.15, 0.2) is 0 Å². The molecule has 0 aliphatic heterocycles. The van der Waals surface area contributed by atoms with Crippen LogP contribution in [0.3, 0.4) is 0 Å². The maximum absolute atomic E-state index is 12.3. The fourth-order valence-electron chi connectivity index (χ4n) is 3.77. The van der Waals surface area contributed by atoms with E-state index < -0.39 is 0 Å². The predicted octanol–water partition coefficient (Wildman–Crippen LogP) is 5.62. The van der Waals surface area contributed by atoms with Crippen LogP contribution < -0.4 is 0 Å². The van der Waals surface area contributed by atoms with E-state index in [2.05, 4.69) is 22.9 Å². The van der Waals surface area contributed by atoms with Gasteiger partial charge in [-0.15, -0.1) is 0 Å². The predicted molar refractivity (Wildman–Crippen MR) is 90.7 cm³/mol. The number of carbonyl (C=O) groups is 1. The third kappa shape index (κ3) is 5.92. The van der Waals surface area contributed by atoms with Gasteiger partial charge in [0.2, 0.25) is 0 Å². The van der Waals surface area contributed by atoms with E-state index >= 15 is 0 Å². The Morgan fingerprint density at radius 2 is 1.67 bits per heavy atom. The van der Waals surface area contributed by atoms with Crippen LogP contribution in [0, 0.1) is 11.8 Å². The second kappa shape index (κ2) is 9.17. The molecule has 0 bridgehead atoms. The Kier molecular flexibility index (Phi) is 7.56. The van der Waals surface area contributed by atoms with E-state index in [0.717, 1.165) is 44.4 Å². The highest BCUT2D eigenvalue weighted by molar-refractivity contribution is 9.09. The molecule has 2 aliphatic carbocycles. The summed E-state index contributed by atoms with van der Waals surface area (Å²) < 4.78 is 5.75. The molecule has 2 rings (SSSR count). The lowest BCUT2D eigenvalue weighted by Gasteiger charge is -2.30. The van der Waals surface area contributed by atoms with Gasteiger partial charge in [-0.2, -0.15) is 0 Å². The Bertz CT molecular complexity index is 302. The first-order chi connectivity index (χ1) is 10.2. The number of hydrogen-bond acceptors (Lipinski definition) is 2. The lowest BCUT2D eigenvalue weighted by Crippen LogP contribution is -2.30. The van der Waals surface area contributed by atoms with Gasteiger partial charge in [0.25, 0.3) is 0 Å². The van der Waals surface area contributed by atoms with Crippen LogP contribution >= 0.6 is 15.9 Å². The summed E-state index contributed by atoms with van der Waals surface area (Å²) in [6, 6.07) is 0. The summed E-state index contributed by atoms with van der Waals surface area (Å²) in [6.45, 7) is 2.26. The van der Waals surface area contributed by atoms with Gasteiger partial charge in [-0.05, 0) is 57.3 Å². The number of rotatable bonds is 6. The number of carbonyl (C=O) groups excluding carboxylic acids is 1. The summed E-state index contributed by atoms with van der Waals surface area (Å²) in [5.41, 5.74) is 0. The average molecular weight is 359 g/mol. The summed E-state index contributed by atoms with van der Waals surface area (Å²) in [7, 11) is 0. The maximum atomic E-state index is 12.3. The molecule has 21 heavy (non-hydrogen) atoms. The number of alkyl halides is 1. The fourth-order valence-corrected chi connectivity index (χ4v) is 4.30. The van der Waals surface area contributed by atoms with Crippen molar-refractivity contribution in [3.05, 3.63) is 0 Å². The van der Waals surface area contributed by atoms with E-state index in [9.17, 15) is 4.79 Å². The number of ether oxygens (including phenoxy) is 1. The minimum Gasteiger partial charge on any atom is -0.462 e. The van der Waals surface area contributed by atoms with Crippen LogP contribution in [-0.2, 0) is 9.53 Å². The molecule has 2 nitrogen and oxygen atoms in total. The van der Waals surface area contributed by atoms with Gasteiger partial charge in [-0.25, -0.2) is 0 Å². The minimum atomic E-state index is 0.0973. The lowest BCUT2D eigenvalue weighted by molar-refractivity contribution is -0.156. The van der Waals surface area contributed by atoms with Crippen LogP contribution in [0.25, 0.3) is 0 Å². The molecule has 0 saturated heterocycles. The Hall–Kier alpha value is -0.0500. The third-order valence-corrected chi connectivity index (χ3v) is 6.20. The molecule has 0 radical (unpaired) electrons. The zero-order valence-corrected chi connectivity index (χ0v) is 15.1. The molecule has 0 heterocycles. The van der Waals surface area contributed by atoms with Crippen molar-refractivity contribution in [2.24, 2.45) is 11.8 Å². The zero-order chi connectivity index (χ0) is 15.1. The molecule has 0 N–H and O–H groups in total. The highest BCUT2D eigenvalue weighted by Gasteiger charge is 2.30. The van der Waals surface area contributed by atoms with Crippen LogP contribution in [0.4, 0.5) is 0 Å². The van der Waals surface area contributed by atoms with Gasteiger partial charge < -0.3 is 4.74 Å². The number of hydrogen-bond donors (Lipinski definition) is 0. The van der Waals surface area contributed by atoms with Crippen molar-refractivity contribution in [1.29, 1.82) is 0 Å². The molecule has 0 spiro atoms. The molecule has 3 heteroatoms. The van der Waals surface area contributed by atoms with E-state index in [1.807, 2.05) is 0 Å². The summed E-state index contributed by atoms with van der Waals surface area (Å²) in [5, 5.41) is 0. The third-order valence-electron chi connectivity index (χ3n) is 5.28. The quantitative estimate of drug-likeness (QED) is 0.349. The van der Waals surface area contributed by atoms with Crippen molar-refractivity contribution < 1.29 is 9.53 Å². The molecular formula is C18H31BrO2. The first-order valence-corrected chi connectivity index (χ1v) is 9.95.